The fourth-order valence-electron chi connectivity index (χ4n) is 1.78. The minimum absolute atomic E-state index is 0.672. The molecule has 21 heavy (non-hydrogen) atoms. The van der Waals surface area contributed by atoms with E-state index in [1.807, 2.05) is 36.6 Å². The second kappa shape index (κ2) is 6.32. The molecule has 3 aromatic heterocycles. The van der Waals surface area contributed by atoms with Crippen molar-refractivity contribution in [1.29, 1.82) is 0 Å². The van der Waals surface area contributed by atoms with E-state index in [-0.39, 0.29) is 0 Å². The van der Waals surface area contributed by atoms with Gasteiger partial charge in [0.15, 0.2) is 10.2 Å². The van der Waals surface area contributed by atoms with Crippen molar-refractivity contribution in [3.05, 3.63) is 47.2 Å². The van der Waals surface area contributed by atoms with E-state index in [0.717, 1.165) is 32.9 Å². The number of hydrogen-bond acceptors (Lipinski definition) is 6. The largest absolute Gasteiger partial charge is 0.253 e. The molecule has 0 bridgehead atoms. The summed E-state index contributed by atoms with van der Waals surface area (Å²) in [5.74, 6) is 0.672. The number of rotatable bonds is 4. The molecule has 0 aliphatic rings. The van der Waals surface area contributed by atoms with Gasteiger partial charge in [-0.3, -0.25) is 4.98 Å². The van der Waals surface area contributed by atoms with Crippen molar-refractivity contribution < 1.29 is 0 Å². The fourth-order valence-corrected chi connectivity index (χ4v) is 3.59. The van der Waals surface area contributed by atoms with Gasteiger partial charge in [0.25, 0.3) is 0 Å². The van der Waals surface area contributed by atoms with Crippen molar-refractivity contribution in [3.8, 4) is 11.5 Å². The first-order valence-electron chi connectivity index (χ1n) is 6.64. The molecule has 0 saturated heterocycles. The molecule has 106 valence electrons. The van der Waals surface area contributed by atoms with Gasteiger partial charge in [-0.25, -0.2) is 15.0 Å². The number of thiazole rings is 1. The molecule has 3 heterocycles. The molecule has 4 nitrogen and oxygen atoms in total. The highest BCUT2D eigenvalue weighted by molar-refractivity contribution is 8.01. The van der Waals surface area contributed by atoms with E-state index < -0.39 is 0 Å². The van der Waals surface area contributed by atoms with Gasteiger partial charge in [0, 0.05) is 23.0 Å². The second-order valence-electron chi connectivity index (χ2n) is 4.45. The standard InChI is InChI=1S/C15H14N4S2/c1-3-11-8-13(21-15-17-10(2)9-20-15)19-14(18-11)12-6-4-5-7-16-12/h4-9H,3H2,1-2H3. The molecule has 6 heteroatoms. The van der Waals surface area contributed by atoms with Crippen molar-refractivity contribution in [2.24, 2.45) is 0 Å². The third-order valence-corrected chi connectivity index (χ3v) is 4.78. The van der Waals surface area contributed by atoms with Gasteiger partial charge in [0.2, 0.25) is 0 Å². The number of nitrogens with zero attached hydrogens (tertiary/aromatic N) is 4. The summed E-state index contributed by atoms with van der Waals surface area (Å²) in [5, 5.41) is 2.96. The molecule has 0 amide bonds. The van der Waals surface area contributed by atoms with Crippen LogP contribution >= 0.6 is 23.1 Å². The molecule has 3 rings (SSSR count). The van der Waals surface area contributed by atoms with Crippen LogP contribution in [0.2, 0.25) is 0 Å². The molecule has 0 spiro atoms. The molecule has 0 unspecified atom stereocenters. The molecule has 0 atom stereocenters. The minimum atomic E-state index is 0.672. The zero-order valence-electron chi connectivity index (χ0n) is 11.8. The molecule has 3 aromatic rings. The molecular formula is C15H14N4S2. The molecule has 0 aromatic carbocycles. The lowest BCUT2D eigenvalue weighted by atomic mass is 10.3. The highest BCUT2D eigenvalue weighted by atomic mass is 32.2. The maximum Gasteiger partial charge on any atom is 0.179 e. The summed E-state index contributed by atoms with van der Waals surface area (Å²) >= 11 is 3.21. The van der Waals surface area contributed by atoms with E-state index in [1.54, 1.807) is 29.3 Å². The Bertz CT molecular complexity index is 740. The molecule has 0 fully saturated rings. The Labute approximate surface area is 131 Å². The Morgan fingerprint density at radius 2 is 2.10 bits per heavy atom. The van der Waals surface area contributed by atoms with Gasteiger partial charge in [0.1, 0.15) is 10.7 Å². The number of hydrogen-bond donors (Lipinski definition) is 0. The minimum Gasteiger partial charge on any atom is -0.253 e. The van der Waals surface area contributed by atoms with Crippen LogP contribution in [0.15, 0.2) is 45.2 Å². The molecule has 0 N–H and O–H groups in total. The predicted octanol–water partition coefficient (Wildman–Crippen LogP) is 4.02. The van der Waals surface area contributed by atoms with E-state index in [0.29, 0.717) is 5.82 Å². The van der Waals surface area contributed by atoms with Crippen LogP contribution in [0.1, 0.15) is 18.3 Å². The van der Waals surface area contributed by atoms with Crippen LogP contribution in [0.4, 0.5) is 0 Å². The first-order chi connectivity index (χ1) is 10.2. The number of pyridine rings is 1. The molecule has 0 aliphatic carbocycles. The Morgan fingerprint density at radius 3 is 2.76 bits per heavy atom. The maximum absolute atomic E-state index is 4.61. The van der Waals surface area contributed by atoms with Crippen LogP contribution in [-0.4, -0.2) is 19.9 Å². The second-order valence-corrected chi connectivity index (χ2v) is 6.57. The van der Waals surface area contributed by atoms with E-state index in [9.17, 15) is 0 Å². The van der Waals surface area contributed by atoms with Crippen molar-refractivity contribution in [2.45, 2.75) is 29.6 Å². The third kappa shape index (κ3) is 3.46. The SMILES string of the molecule is CCc1cc(Sc2nc(C)cs2)nc(-c2ccccn2)n1. The van der Waals surface area contributed by atoms with Crippen molar-refractivity contribution in [1.82, 2.24) is 19.9 Å². The molecule has 0 aliphatic heterocycles. The van der Waals surface area contributed by atoms with Crippen LogP contribution in [0.3, 0.4) is 0 Å². The van der Waals surface area contributed by atoms with Crippen LogP contribution < -0.4 is 0 Å². The van der Waals surface area contributed by atoms with Gasteiger partial charge >= 0.3 is 0 Å². The fraction of sp³-hybridized carbons (Fsp3) is 0.200. The molecule has 0 radical (unpaired) electrons. The summed E-state index contributed by atoms with van der Waals surface area (Å²) in [5.41, 5.74) is 2.85. The van der Waals surface area contributed by atoms with E-state index in [1.165, 1.54) is 0 Å². The zero-order chi connectivity index (χ0) is 14.7. The number of aryl methyl sites for hydroxylation is 2. The molecule has 0 saturated carbocycles. The maximum atomic E-state index is 4.61. The average Bonchev–Trinajstić information content (AvgIpc) is 2.93. The summed E-state index contributed by atoms with van der Waals surface area (Å²) in [6, 6.07) is 7.78. The normalized spacial score (nSPS) is 10.8. The van der Waals surface area contributed by atoms with Gasteiger partial charge in [-0.1, -0.05) is 13.0 Å². The lowest BCUT2D eigenvalue weighted by Crippen LogP contribution is -1.97. The van der Waals surface area contributed by atoms with Crippen molar-refractivity contribution >= 4 is 23.1 Å². The zero-order valence-corrected chi connectivity index (χ0v) is 13.4. The van der Waals surface area contributed by atoms with E-state index in [2.05, 4.69) is 26.9 Å². The topological polar surface area (TPSA) is 51.6 Å². The predicted molar refractivity (Wildman–Crippen MR) is 85.6 cm³/mol. The number of aromatic nitrogens is 4. The lowest BCUT2D eigenvalue weighted by Gasteiger charge is -2.05. The van der Waals surface area contributed by atoms with Crippen molar-refractivity contribution in [3.63, 3.8) is 0 Å². The highest BCUT2D eigenvalue weighted by Gasteiger charge is 2.10. The van der Waals surface area contributed by atoms with Gasteiger partial charge < -0.3 is 0 Å². The van der Waals surface area contributed by atoms with Crippen molar-refractivity contribution in [2.75, 3.05) is 0 Å². The smallest absolute Gasteiger partial charge is 0.179 e. The Morgan fingerprint density at radius 1 is 1.19 bits per heavy atom. The van der Waals surface area contributed by atoms with Crippen LogP contribution in [-0.2, 0) is 6.42 Å². The average molecular weight is 314 g/mol. The van der Waals surface area contributed by atoms with E-state index in [4.69, 9.17) is 0 Å². The summed E-state index contributed by atoms with van der Waals surface area (Å²) in [6.07, 6.45) is 2.63. The Kier molecular flexibility index (Phi) is 4.26. The van der Waals surface area contributed by atoms with Crippen LogP contribution in [0, 0.1) is 6.92 Å². The van der Waals surface area contributed by atoms with Crippen LogP contribution in [0.25, 0.3) is 11.5 Å². The highest BCUT2D eigenvalue weighted by Crippen LogP contribution is 2.30. The van der Waals surface area contributed by atoms with Gasteiger partial charge in [0.05, 0.1) is 0 Å². The monoisotopic (exact) mass is 314 g/mol. The summed E-state index contributed by atoms with van der Waals surface area (Å²) < 4.78 is 1.00. The summed E-state index contributed by atoms with van der Waals surface area (Å²) in [6.45, 7) is 4.09. The Hall–Kier alpha value is -1.79. The van der Waals surface area contributed by atoms with E-state index >= 15 is 0 Å². The Balaban J connectivity index is 1.97. The molecular weight excluding hydrogens is 300 g/mol. The van der Waals surface area contributed by atoms with Gasteiger partial charge in [-0.05, 0) is 43.3 Å². The third-order valence-electron chi connectivity index (χ3n) is 2.80. The summed E-state index contributed by atoms with van der Waals surface area (Å²) in [7, 11) is 0. The first kappa shape index (κ1) is 14.2. The summed E-state index contributed by atoms with van der Waals surface area (Å²) in [4.78, 5) is 18.0. The quantitative estimate of drug-likeness (QED) is 0.681. The van der Waals surface area contributed by atoms with Crippen LogP contribution in [0.5, 0.6) is 0 Å². The van der Waals surface area contributed by atoms with Gasteiger partial charge in [-0.2, -0.15) is 0 Å². The van der Waals surface area contributed by atoms with Gasteiger partial charge in [-0.15, -0.1) is 11.3 Å². The first-order valence-corrected chi connectivity index (χ1v) is 8.33. The lowest BCUT2D eigenvalue weighted by molar-refractivity contribution is 0.947.